The summed E-state index contributed by atoms with van der Waals surface area (Å²) in [5.41, 5.74) is 5.31. The lowest BCUT2D eigenvalue weighted by molar-refractivity contribution is -0.137. The van der Waals surface area contributed by atoms with Crippen LogP contribution in [0.15, 0.2) is 97.6 Å². The van der Waals surface area contributed by atoms with Gasteiger partial charge in [0, 0.05) is 46.9 Å². The highest BCUT2D eigenvalue weighted by molar-refractivity contribution is 5.87. The van der Waals surface area contributed by atoms with Gasteiger partial charge in [-0.3, -0.25) is 15.0 Å². The summed E-state index contributed by atoms with van der Waals surface area (Å²) in [6.45, 7) is 0. The van der Waals surface area contributed by atoms with Gasteiger partial charge in [0.05, 0.1) is 16.8 Å². The number of pyridine rings is 3. The van der Waals surface area contributed by atoms with Crippen molar-refractivity contribution in [3.05, 3.63) is 103 Å². The normalized spacial score (nSPS) is 11.6. The quantitative estimate of drug-likeness (QED) is 0.310. The van der Waals surface area contributed by atoms with E-state index in [1.807, 2.05) is 54.7 Å². The first-order valence-corrected chi connectivity index (χ1v) is 9.92. The van der Waals surface area contributed by atoms with Crippen molar-refractivity contribution in [1.29, 1.82) is 0 Å². The Morgan fingerprint density at radius 3 is 2.03 bits per heavy atom. The molecule has 156 valence electrons. The number of aromatic nitrogens is 3. The minimum atomic E-state index is -4.34. The zero-order chi connectivity index (χ0) is 22.1. The van der Waals surface area contributed by atoms with Crippen LogP contribution in [0.4, 0.5) is 13.2 Å². The van der Waals surface area contributed by atoms with Gasteiger partial charge in [0.15, 0.2) is 0 Å². The van der Waals surface area contributed by atoms with Crippen LogP contribution in [0.5, 0.6) is 0 Å². The van der Waals surface area contributed by atoms with Crippen molar-refractivity contribution in [2.45, 2.75) is 6.18 Å². The number of benzene rings is 2. The van der Waals surface area contributed by atoms with Gasteiger partial charge in [-0.25, -0.2) is 0 Å². The molecule has 5 aromatic rings. The number of halogens is 3. The number of hydrogen-bond donors (Lipinski definition) is 0. The molecule has 0 aliphatic rings. The molecule has 3 aromatic heterocycles. The lowest BCUT2D eigenvalue weighted by Gasteiger charge is -2.09. The molecule has 2 aromatic carbocycles. The molecule has 0 bridgehead atoms. The number of fused-ring (bicyclic) bond motifs is 1. The Labute approximate surface area is 182 Å². The predicted octanol–water partition coefficient (Wildman–Crippen LogP) is 7.04. The fourth-order valence-electron chi connectivity index (χ4n) is 3.56. The fraction of sp³-hybridized carbons (Fsp3) is 0.0385. The topological polar surface area (TPSA) is 38.7 Å². The number of rotatable bonds is 3. The minimum Gasteiger partial charge on any atom is -0.264 e. The lowest BCUT2D eigenvalue weighted by atomic mass is 10.0. The number of hydrogen-bond acceptors (Lipinski definition) is 3. The summed E-state index contributed by atoms with van der Waals surface area (Å²) in [6.07, 6.45) is 2.74. The second kappa shape index (κ2) is 7.89. The maximum absolute atomic E-state index is 12.8. The molecule has 3 heterocycles. The Balaban J connectivity index is 1.43. The van der Waals surface area contributed by atoms with Crippen LogP contribution in [0.3, 0.4) is 0 Å². The van der Waals surface area contributed by atoms with Crippen LogP contribution in [0.1, 0.15) is 5.56 Å². The van der Waals surface area contributed by atoms with Crippen LogP contribution in [0.2, 0.25) is 0 Å². The van der Waals surface area contributed by atoms with E-state index in [1.54, 1.807) is 18.6 Å². The molecule has 0 atom stereocenters. The Kier molecular flexibility index (Phi) is 4.90. The van der Waals surface area contributed by atoms with E-state index in [9.17, 15) is 13.2 Å². The van der Waals surface area contributed by atoms with E-state index in [0.717, 1.165) is 51.0 Å². The summed E-state index contributed by atoms with van der Waals surface area (Å²) in [5, 5.41) is 0.939. The van der Waals surface area contributed by atoms with Crippen LogP contribution >= 0.6 is 0 Å². The largest absolute Gasteiger partial charge is 0.416 e. The molecule has 0 fully saturated rings. The van der Waals surface area contributed by atoms with Crippen LogP contribution in [-0.2, 0) is 6.18 Å². The Bertz CT molecular complexity index is 1380. The Morgan fingerprint density at radius 2 is 1.34 bits per heavy atom. The summed E-state index contributed by atoms with van der Waals surface area (Å²) in [7, 11) is 0. The van der Waals surface area contributed by atoms with Crippen molar-refractivity contribution < 1.29 is 13.2 Å². The van der Waals surface area contributed by atoms with Crippen LogP contribution < -0.4 is 0 Å². The summed E-state index contributed by atoms with van der Waals surface area (Å²) in [6, 6.07) is 20.6. The molecule has 0 saturated carbocycles. The average molecular weight is 427 g/mol. The molecule has 3 nitrogen and oxygen atoms in total. The molecule has 0 N–H and O–H groups in total. The first-order valence-electron chi connectivity index (χ1n) is 9.92. The SMILES string of the molecule is FC(F)(F)c1ccc(-c2ccc3cc(-c4ccc(-c5cccnc5)nc4)cnc3c2)cc1. The van der Waals surface area contributed by atoms with Gasteiger partial charge in [-0.15, -0.1) is 0 Å². The highest BCUT2D eigenvalue weighted by Gasteiger charge is 2.29. The Hall–Kier alpha value is -4.06. The second-order valence-electron chi connectivity index (χ2n) is 7.38. The third kappa shape index (κ3) is 3.95. The summed E-state index contributed by atoms with van der Waals surface area (Å²) in [4.78, 5) is 13.2. The molecule has 0 saturated heterocycles. The number of nitrogens with zero attached hydrogens (tertiary/aromatic N) is 3. The maximum Gasteiger partial charge on any atom is 0.416 e. The highest BCUT2D eigenvalue weighted by Crippen LogP contribution is 2.32. The van der Waals surface area contributed by atoms with Gasteiger partial charge < -0.3 is 0 Å². The molecule has 32 heavy (non-hydrogen) atoms. The fourth-order valence-corrected chi connectivity index (χ4v) is 3.56. The van der Waals surface area contributed by atoms with E-state index in [4.69, 9.17) is 0 Å². The van der Waals surface area contributed by atoms with Crippen molar-refractivity contribution in [2.24, 2.45) is 0 Å². The van der Waals surface area contributed by atoms with Gasteiger partial charge in [0.2, 0.25) is 0 Å². The zero-order valence-corrected chi connectivity index (χ0v) is 16.7. The molecule has 0 spiro atoms. The van der Waals surface area contributed by atoms with Crippen molar-refractivity contribution in [3.8, 4) is 33.5 Å². The molecule has 6 heteroatoms. The molecule has 0 unspecified atom stereocenters. The number of alkyl halides is 3. The predicted molar refractivity (Wildman–Crippen MR) is 119 cm³/mol. The first-order chi connectivity index (χ1) is 15.5. The smallest absolute Gasteiger partial charge is 0.264 e. The third-order valence-electron chi connectivity index (χ3n) is 5.28. The highest BCUT2D eigenvalue weighted by atomic mass is 19.4. The minimum absolute atomic E-state index is 0.659. The van der Waals surface area contributed by atoms with Gasteiger partial charge >= 0.3 is 6.18 Å². The second-order valence-corrected chi connectivity index (χ2v) is 7.38. The van der Waals surface area contributed by atoms with E-state index < -0.39 is 11.7 Å². The van der Waals surface area contributed by atoms with Crippen molar-refractivity contribution >= 4 is 10.9 Å². The Morgan fingerprint density at radius 1 is 0.594 bits per heavy atom. The molecule has 0 aliphatic carbocycles. The van der Waals surface area contributed by atoms with Crippen molar-refractivity contribution in [1.82, 2.24) is 15.0 Å². The van der Waals surface area contributed by atoms with Crippen LogP contribution in [0.25, 0.3) is 44.4 Å². The van der Waals surface area contributed by atoms with E-state index in [2.05, 4.69) is 15.0 Å². The van der Waals surface area contributed by atoms with Crippen LogP contribution in [-0.4, -0.2) is 15.0 Å². The van der Waals surface area contributed by atoms with E-state index in [0.29, 0.717) is 5.56 Å². The zero-order valence-electron chi connectivity index (χ0n) is 16.7. The van der Waals surface area contributed by atoms with Gasteiger partial charge in [-0.1, -0.05) is 30.3 Å². The molecule has 0 radical (unpaired) electrons. The van der Waals surface area contributed by atoms with Crippen molar-refractivity contribution in [2.75, 3.05) is 0 Å². The van der Waals surface area contributed by atoms with Gasteiger partial charge in [-0.2, -0.15) is 13.2 Å². The van der Waals surface area contributed by atoms with E-state index in [1.165, 1.54) is 12.1 Å². The summed E-state index contributed by atoms with van der Waals surface area (Å²) in [5.74, 6) is 0. The lowest BCUT2D eigenvalue weighted by Crippen LogP contribution is -2.03. The van der Waals surface area contributed by atoms with Gasteiger partial charge in [-0.05, 0) is 53.6 Å². The maximum atomic E-state index is 12.8. The molecule has 0 amide bonds. The molecular weight excluding hydrogens is 411 g/mol. The van der Waals surface area contributed by atoms with E-state index in [-0.39, 0.29) is 0 Å². The molecular formula is C26H16F3N3. The van der Waals surface area contributed by atoms with E-state index >= 15 is 0 Å². The third-order valence-corrected chi connectivity index (χ3v) is 5.28. The molecule has 5 rings (SSSR count). The van der Waals surface area contributed by atoms with Crippen LogP contribution in [0, 0.1) is 0 Å². The van der Waals surface area contributed by atoms with Gasteiger partial charge in [0.1, 0.15) is 0 Å². The summed E-state index contributed by atoms with van der Waals surface area (Å²) < 4.78 is 38.4. The first kappa shape index (κ1) is 19.9. The average Bonchev–Trinajstić information content (AvgIpc) is 2.83. The van der Waals surface area contributed by atoms with Crippen molar-refractivity contribution in [3.63, 3.8) is 0 Å². The molecule has 0 aliphatic heterocycles. The standard InChI is InChI=1S/C26H16F3N3/c27-26(28,29)23-8-5-17(6-9-23)18-3-4-19-12-22(16-32-25(19)13-18)20-7-10-24(31-15-20)21-2-1-11-30-14-21/h1-16H. The van der Waals surface area contributed by atoms with Gasteiger partial charge in [0.25, 0.3) is 0 Å². The monoisotopic (exact) mass is 427 g/mol. The summed E-state index contributed by atoms with van der Waals surface area (Å²) >= 11 is 0.